The molecule has 0 atom stereocenters. The summed E-state index contributed by atoms with van der Waals surface area (Å²) in [5, 5.41) is 4.23. The average Bonchev–Trinajstić information content (AvgIpc) is 3.19. The van der Waals surface area contributed by atoms with Gasteiger partial charge in [0.05, 0.1) is 12.7 Å². The monoisotopic (exact) mass is 355 g/mol. The summed E-state index contributed by atoms with van der Waals surface area (Å²) in [4.78, 5) is 13.3. The Morgan fingerprint density at radius 1 is 0.815 bits per heavy atom. The van der Waals surface area contributed by atoms with Crippen molar-refractivity contribution in [2.24, 2.45) is 0 Å². The molecule has 0 saturated heterocycles. The van der Waals surface area contributed by atoms with Gasteiger partial charge in [0.2, 0.25) is 0 Å². The standard InChI is InChI=1S/C23H17NO3/c1-26-19-14-12-16(13-15-19)21-20(22(25)17-8-4-2-5-9-17)23(27-24-21)18-10-6-3-7-11-18/h2-15H,1H3. The lowest BCUT2D eigenvalue weighted by atomic mass is 9.95. The molecule has 1 aromatic heterocycles. The van der Waals surface area contributed by atoms with Crippen LogP contribution in [0, 0.1) is 0 Å². The maximum Gasteiger partial charge on any atom is 0.199 e. The zero-order valence-electron chi connectivity index (χ0n) is 14.8. The van der Waals surface area contributed by atoms with Gasteiger partial charge in [-0.2, -0.15) is 0 Å². The Morgan fingerprint density at radius 2 is 1.44 bits per heavy atom. The van der Waals surface area contributed by atoms with Crippen LogP contribution in [0.5, 0.6) is 5.75 Å². The Bertz CT molecular complexity index is 1050. The lowest BCUT2D eigenvalue weighted by Gasteiger charge is -2.05. The second kappa shape index (κ2) is 7.30. The van der Waals surface area contributed by atoms with E-state index in [0.717, 1.165) is 16.9 Å². The van der Waals surface area contributed by atoms with E-state index < -0.39 is 0 Å². The number of hydrogen-bond donors (Lipinski definition) is 0. The van der Waals surface area contributed by atoms with Crippen molar-refractivity contribution in [1.29, 1.82) is 0 Å². The predicted octanol–water partition coefficient (Wildman–Crippen LogP) is 5.25. The zero-order valence-corrected chi connectivity index (χ0v) is 14.8. The van der Waals surface area contributed by atoms with Gasteiger partial charge in [0.25, 0.3) is 0 Å². The second-order valence-corrected chi connectivity index (χ2v) is 6.02. The molecule has 0 radical (unpaired) electrons. The first-order chi connectivity index (χ1) is 13.3. The van der Waals surface area contributed by atoms with Crippen molar-refractivity contribution in [2.75, 3.05) is 7.11 Å². The minimum absolute atomic E-state index is 0.124. The Labute approximate surface area is 157 Å². The largest absolute Gasteiger partial charge is 0.497 e. The molecule has 4 heteroatoms. The summed E-state index contributed by atoms with van der Waals surface area (Å²) in [6.45, 7) is 0. The summed E-state index contributed by atoms with van der Waals surface area (Å²) >= 11 is 0. The molecule has 0 saturated carbocycles. The van der Waals surface area contributed by atoms with Gasteiger partial charge in [-0.15, -0.1) is 0 Å². The highest BCUT2D eigenvalue weighted by Crippen LogP contribution is 2.34. The van der Waals surface area contributed by atoms with Crippen molar-refractivity contribution in [2.45, 2.75) is 0 Å². The fraction of sp³-hybridized carbons (Fsp3) is 0.0435. The van der Waals surface area contributed by atoms with Crippen LogP contribution in [0.2, 0.25) is 0 Å². The molecule has 4 rings (SSSR count). The maximum absolute atomic E-state index is 13.3. The van der Waals surface area contributed by atoms with Crippen LogP contribution in [0.3, 0.4) is 0 Å². The van der Waals surface area contributed by atoms with Gasteiger partial charge in [-0.1, -0.05) is 65.8 Å². The molecule has 27 heavy (non-hydrogen) atoms. The van der Waals surface area contributed by atoms with Gasteiger partial charge >= 0.3 is 0 Å². The molecule has 0 unspecified atom stereocenters. The number of rotatable bonds is 5. The van der Waals surface area contributed by atoms with Crippen molar-refractivity contribution in [3.8, 4) is 28.3 Å². The Hall–Kier alpha value is -3.66. The summed E-state index contributed by atoms with van der Waals surface area (Å²) in [5.41, 5.74) is 3.17. The van der Waals surface area contributed by atoms with Crippen LogP contribution in [-0.4, -0.2) is 18.0 Å². The van der Waals surface area contributed by atoms with Crippen LogP contribution in [0.25, 0.3) is 22.6 Å². The fourth-order valence-corrected chi connectivity index (χ4v) is 2.97. The van der Waals surface area contributed by atoms with Crippen LogP contribution >= 0.6 is 0 Å². The van der Waals surface area contributed by atoms with E-state index in [1.165, 1.54) is 0 Å². The normalized spacial score (nSPS) is 10.6. The van der Waals surface area contributed by atoms with Gasteiger partial charge in [0.15, 0.2) is 11.5 Å². The molecule has 0 fully saturated rings. The van der Waals surface area contributed by atoms with E-state index in [4.69, 9.17) is 9.26 Å². The quantitative estimate of drug-likeness (QED) is 0.459. The third kappa shape index (κ3) is 3.25. The first-order valence-electron chi connectivity index (χ1n) is 8.57. The molecule has 1 heterocycles. The minimum atomic E-state index is -0.124. The van der Waals surface area contributed by atoms with Crippen molar-refractivity contribution < 1.29 is 14.1 Å². The molecule has 0 aliphatic heterocycles. The average molecular weight is 355 g/mol. The number of nitrogens with zero attached hydrogens (tertiary/aromatic N) is 1. The van der Waals surface area contributed by atoms with E-state index in [2.05, 4.69) is 5.16 Å². The van der Waals surface area contributed by atoms with Crippen LogP contribution < -0.4 is 4.74 Å². The second-order valence-electron chi connectivity index (χ2n) is 6.02. The molecule has 0 aliphatic carbocycles. The Morgan fingerprint density at radius 3 is 2.07 bits per heavy atom. The van der Waals surface area contributed by atoms with Crippen LogP contribution in [-0.2, 0) is 0 Å². The first kappa shape index (κ1) is 16.8. The molecule has 0 bridgehead atoms. The van der Waals surface area contributed by atoms with Gasteiger partial charge in [-0.3, -0.25) is 4.79 Å². The van der Waals surface area contributed by atoms with E-state index in [1.54, 1.807) is 19.2 Å². The summed E-state index contributed by atoms with van der Waals surface area (Å²) < 4.78 is 10.8. The number of carbonyl (C=O) groups excluding carboxylic acids is 1. The van der Waals surface area contributed by atoms with E-state index in [0.29, 0.717) is 22.6 Å². The summed E-state index contributed by atoms with van der Waals surface area (Å²) in [6.07, 6.45) is 0. The summed E-state index contributed by atoms with van der Waals surface area (Å²) in [5.74, 6) is 1.08. The third-order valence-corrected chi connectivity index (χ3v) is 4.35. The molecule has 0 aliphatic rings. The van der Waals surface area contributed by atoms with Gasteiger partial charge in [-0.05, 0) is 24.3 Å². The zero-order chi connectivity index (χ0) is 18.6. The lowest BCUT2D eigenvalue weighted by molar-refractivity contribution is 0.103. The van der Waals surface area contributed by atoms with Gasteiger partial charge in [-0.25, -0.2) is 0 Å². The Kier molecular flexibility index (Phi) is 4.54. The van der Waals surface area contributed by atoms with Crippen LogP contribution in [0.1, 0.15) is 15.9 Å². The predicted molar refractivity (Wildman–Crippen MR) is 104 cm³/mol. The van der Waals surface area contributed by atoms with Crippen LogP contribution in [0.4, 0.5) is 0 Å². The van der Waals surface area contributed by atoms with Crippen molar-refractivity contribution in [3.05, 3.63) is 96.1 Å². The molecule has 132 valence electrons. The van der Waals surface area contributed by atoms with Gasteiger partial charge in [0, 0.05) is 16.7 Å². The minimum Gasteiger partial charge on any atom is -0.497 e. The van der Waals surface area contributed by atoms with E-state index in [1.807, 2.05) is 72.8 Å². The molecule has 0 amide bonds. The number of benzene rings is 3. The van der Waals surface area contributed by atoms with E-state index in [-0.39, 0.29) is 5.78 Å². The number of ether oxygens (including phenoxy) is 1. The SMILES string of the molecule is COc1ccc(-c2noc(-c3ccccc3)c2C(=O)c2ccccc2)cc1. The number of aromatic nitrogens is 1. The van der Waals surface area contributed by atoms with Gasteiger partial charge in [0.1, 0.15) is 11.4 Å². The number of methoxy groups -OCH3 is 1. The lowest BCUT2D eigenvalue weighted by Crippen LogP contribution is -2.03. The first-order valence-corrected chi connectivity index (χ1v) is 8.57. The Balaban J connectivity index is 1.89. The topological polar surface area (TPSA) is 52.3 Å². The number of carbonyl (C=O) groups is 1. The molecule has 0 N–H and O–H groups in total. The molecule has 4 aromatic rings. The highest BCUT2D eigenvalue weighted by molar-refractivity contribution is 6.15. The smallest absolute Gasteiger partial charge is 0.199 e. The van der Waals surface area contributed by atoms with Crippen molar-refractivity contribution >= 4 is 5.78 Å². The molecular weight excluding hydrogens is 338 g/mol. The van der Waals surface area contributed by atoms with E-state index >= 15 is 0 Å². The molecule has 3 aromatic carbocycles. The highest BCUT2D eigenvalue weighted by Gasteiger charge is 2.25. The van der Waals surface area contributed by atoms with Crippen molar-refractivity contribution in [3.63, 3.8) is 0 Å². The molecule has 0 spiro atoms. The molecule has 4 nitrogen and oxygen atoms in total. The fourth-order valence-electron chi connectivity index (χ4n) is 2.97. The van der Waals surface area contributed by atoms with Crippen LogP contribution in [0.15, 0.2) is 89.5 Å². The summed E-state index contributed by atoms with van der Waals surface area (Å²) in [6, 6.07) is 26.1. The molecular formula is C23H17NO3. The van der Waals surface area contributed by atoms with E-state index in [9.17, 15) is 4.79 Å². The number of hydrogen-bond acceptors (Lipinski definition) is 4. The summed E-state index contributed by atoms with van der Waals surface area (Å²) in [7, 11) is 1.61. The maximum atomic E-state index is 13.3. The highest BCUT2D eigenvalue weighted by atomic mass is 16.5. The van der Waals surface area contributed by atoms with Gasteiger partial charge < -0.3 is 9.26 Å². The number of ketones is 1. The third-order valence-electron chi connectivity index (χ3n) is 4.35. The van der Waals surface area contributed by atoms with Crippen molar-refractivity contribution in [1.82, 2.24) is 5.16 Å².